The van der Waals surface area contributed by atoms with Crippen LogP contribution in [0.2, 0.25) is 0 Å². The van der Waals surface area contributed by atoms with Gasteiger partial charge < -0.3 is 4.90 Å². The third-order valence-electron chi connectivity index (χ3n) is 3.81. The number of anilines is 2. The van der Waals surface area contributed by atoms with Crippen molar-refractivity contribution >= 4 is 27.4 Å². The number of fused-ring (bicyclic) bond motifs is 1. The van der Waals surface area contributed by atoms with Gasteiger partial charge in [-0.2, -0.15) is 5.10 Å². The zero-order valence-electron chi connectivity index (χ0n) is 13.0. The van der Waals surface area contributed by atoms with E-state index >= 15 is 0 Å². The van der Waals surface area contributed by atoms with Gasteiger partial charge in [0.05, 0.1) is 4.90 Å². The van der Waals surface area contributed by atoms with Crippen molar-refractivity contribution in [2.45, 2.75) is 24.7 Å². The molecule has 7 nitrogen and oxygen atoms in total. The molecule has 1 aromatic heterocycles. The minimum absolute atomic E-state index is 0.0341. The second kappa shape index (κ2) is 5.69. The number of amides is 1. The van der Waals surface area contributed by atoms with Gasteiger partial charge in [-0.05, 0) is 36.6 Å². The number of nitrogens with one attached hydrogen (secondary N) is 1. The number of aryl methyl sites for hydroxylation is 2. The van der Waals surface area contributed by atoms with E-state index in [1.165, 1.54) is 17.7 Å². The summed E-state index contributed by atoms with van der Waals surface area (Å²) in [5.41, 5.74) is 1.66. The Labute approximate surface area is 135 Å². The first kappa shape index (κ1) is 15.5. The summed E-state index contributed by atoms with van der Waals surface area (Å²) in [5, 5.41) is 4.02. The molecule has 0 unspecified atom stereocenters. The van der Waals surface area contributed by atoms with E-state index in [-0.39, 0.29) is 16.6 Å². The molecule has 0 radical (unpaired) electrons. The number of carbonyl (C=O) groups excluding carboxylic acids is 1. The largest absolute Gasteiger partial charge is 0.312 e. The predicted octanol–water partition coefficient (Wildman–Crippen LogP) is 1.52. The van der Waals surface area contributed by atoms with Gasteiger partial charge in [0.2, 0.25) is 5.91 Å². The Hall–Kier alpha value is -2.35. The summed E-state index contributed by atoms with van der Waals surface area (Å²) in [7, 11) is -1.99. The highest BCUT2D eigenvalue weighted by Gasteiger charge is 2.23. The van der Waals surface area contributed by atoms with Crippen molar-refractivity contribution in [2.24, 2.45) is 7.05 Å². The molecule has 23 heavy (non-hydrogen) atoms. The zero-order valence-corrected chi connectivity index (χ0v) is 13.8. The first-order valence-electron chi connectivity index (χ1n) is 7.30. The van der Waals surface area contributed by atoms with Crippen LogP contribution >= 0.6 is 0 Å². The summed E-state index contributed by atoms with van der Waals surface area (Å²) in [6.45, 7) is 2.18. The molecular weight excluding hydrogens is 316 g/mol. The van der Waals surface area contributed by atoms with Gasteiger partial charge in [0, 0.05) is 38.5 Å². The van der Waals surface area contributed by atoms with Gasteiger partial charge in [0.25, 0.3) is 10.0 Å². The first-order valence-corrected chi connectivity index (χ1v) is 8.78. The number of nitrogens with zero attached hydrogens (tertiary/aromatic N) is 3. The van der Waals surface area contributed by atoms with Crippen LogP contribution in [0.25, 0.3) is 0 Å². The van der Waals surface area contributed by atoms with Crippen LogP contribution in [-0.2, 0) is 28.3 Å². The molecule has 2 aromatic rings. The third-order valence-corrected chi connectivity index (χ3v) is 5.16. The second-order valence-corrected chi connectivity index (χ2v) is 7.23. The Kier molecular flexibility index (Phi) is 3.85. The van der Waals surface area contributed by atoms with Crippen LogP contribution in [0.4, 0.5) is 11.5 Å². The monoisotopic (exact) mass is 334 g/mol. The highest BCUT2D eigenvalue weighted by Crippen LogP contribution is 2.30. The molecule has 0 saturated heterocycles. The van der Waals surface area contributed by atoms with Crippen LogP contribution in [0.3, 0.4) is 0 Å². The lowest BCUT2D eigenvalue weighted by molar-refractivity contribution is -0.116. The Balaban J connectivity index is 1.93. The number of sulfonamides is 1. The van der Waals surface area contributed by atoms with Gasteiger partial charge in [-0.15, -0.1) is 0 Å². The number of benzene rings is 1. The Morgan fingerprint density at radius 3 is 2.74 bits per heavy atom. The number of aromatic nitrogens is 2. The molecule has 1 aliphatic heterocycles. The molecular formula is C15H18N4O3S. The van der Waals surface area contributed by atoms with Gasteiger partial charge in [-0.3, -0.25) is 14.2 Å². The molecule has 0 atom stereocenters. The molecule has 8 heteroatoms. The summed E-state index contributed by atoms with van der Waals surface area (Å²) in [6, 6.07) is 6.44. The molecule has 2 heterocycles. The van der Waals surface area contributed by atoms with Crippen molar-refractivity contribution < 1.29 is 13.2 Å². The van der Waals surface area contributed by atoms with Crippen molar-refractivity contribution in [2.75, 3.05) is 16.2 Å². The average molecular weight is 334 g/mol. The molecule has 122 valence electrons. The molecule has 1 N–H and O–H groups in total. The molecule has 0 spiro atoms. The maximum Gasteiger partial charge on any atom is 0.263 e. The number of carbonyl (C=O) groups is 1. The first-order chi connectivity index (χ1) is 10.9. The van der Waals surface area contributed by atoms with Crippen molar-refractivity contribution in [3.8, 4) is 0 Å². The van der Waals surface area contributed by atoms with Gasteiger partial charge in [0.15, 0.2) is 5.82 Å². The predicted molar refractivity (Wildman–Crippen MR) is 86.8 cm³/mol. The average Bonchev–Trinajstić information content (AvgIpc) is 2.90. The maximum atomic E-state index is 12.5. The van der Waals surface area contributed by atoms with E-state index in [1.807, 2.05) is 0 Å². The quantitative estimate of drug-likeness (QED) is 0.922. The van der Waals surface area contributed by atoms with Crippen LogP contribution in [0.5, 0.6) is 0 Å². The van der Waals surface area contributed by atoms with Crippen LogP contribution in [-0.4, -0.2) is 30.7 Å². The van der Waals surface area contributed by atoms with Gasteiger partial charge >= 0.3 is 0 Å². The molecule has 0 bridgehead atoms. The van der Waals surface area contributed by atoms with Crippen LogP contribution in [0.1, 0.15) is 18.9 Å². The van der Waals surface area contributed by atoms with E-state index in [0.717, 1.165) is 24.1 Å². The number of hydrogen-bond acceptors (Lipinski definition) is 4. The fourth-order valence-electron chi connectivity index (χ4n) is 2.73. The topological polar surface area (TPSA) is 84.3 Å². The Morgan fingerprint density at radius 2 is 2.09 bits per heavy atom. The lowest BCUT2D eigenvalue weighted by atomic mass is 10.0. The third kappa shape index (κ3) is 3.07. The van der Waals surface area contributed by atoms with Crippen molar-refractivity contribution in [3.05, 3.63) is 36.0 Å². The summed E-state index contributed by atoms with van der Waals surface area (Å²) < 4.78 is 28.9. The second-order valence-electron chi connectivity index (χ2n) is 5.54. The van der Waals surface area contributed by atoms with E-state index in [0.29, 0.717) is 6.54 Å². The van der Waals surface area contributed by atoms with E-state index in [2.05, 4.69) is 9.82 Å². The van der Waals surface area contributed by atoms with Gasteiger partial charge in [-0.1, -0.05) is 0 Å². The van der Waals surface area contributed by atoms with Gasteiger partial charge in [-0.25, -0.2) is 8.42 Å². The molecule has 0 fully saturated rings. The minimum Gasteiger partial charge on any atom is -0.312 e. The summed E-state index contributed by atoms with van der Waals surface area (Å²) in [5.74, 6) is 0.240. The molecule has 0 saturated carbocycles. The van der Waals surface area contributed by atoms with E-state index < -0.39 is 10.0 Å². The number of rotatable bonds is 3. The van der Waals surface area contributed by atoms with Crippen molar-refractivity contribution in [3.63, 3.8) is 0 Å². The molecule has 1 aromatic carbocycles. The zero-order chi connectivity index (χ0) is 16.6. The normalized spacial score (nSPS) is 14.4. The number of hydrogen-bond donors (Lipinski definition) is 1. The van der Waals surface area contributed by atoms with Crippen LogP contribution in [0.15, 0.2) is 35.4 Å². The highest BCUT2D eigenvalue weighted by atomic mass is 32.2. The van der Waals surface area contributed by atoms with E-state index in [1.54, 1.807) is 36.3 Å². The lowest BCUT2D eigenvalue weighted by Gasteiger charge is -2.28. The SMILES string of the molecule is CC(=O)N1CCCc2cc(S(=O)(=O)Nc3ccn(C)n3)ccc21. The van der Waals surface area contributed by atoms with Crippen molar-refractivity contribution in [1.82, 2.24) is 9.78 Å². The highest BCUT2D eigenvalue weighted by molar-refractivity contribution is 7.92. The summed E-state index contributed by atoms with van der Waals surface area (Å²) in [6.07, 6.45) is 3.24. The fraction of sp³-hybridized carbons (Fsp3) is 0.333. The Bertz CT molecular complexity index is 857. The van der Waals surface area contributed by atoms with Crippen molar-refractivity contribution in [1.29, 1.82) is 0 Å². The van der Waals surface area contributed by atoms with Gasteiger partial charge in [0.1, 0.15) is 0 Å². The molecule has 0 aliphatic carbocycles. The molecule has 1 aliphatic rings. The molecule has 3 rings (SSSR count). The smallest absolute Gasteiger partial charge is 0.263 e. The summed E-state index contributed by atoms with van der Waals surface area (Å²) in [4.78, 5) is 13.5. The Morgan fingerprint density at radius 1 is 1.30 bits per heavy atom. The fourth-order valence-corrected chi connectivity index (χ4v) is 3.78. The lowest BCUT2D eigenvalue weighted by Crippen LogP contribution is -2.33. The van der Waals surface area contributed by atoms with E-state index in [9.17, 15) is 13.2 Å². The summed E-state index contributed by atoms with van der Waals surface area (Å²) >= 11 is 0. The van der Waals surface area contributed by atoms with Crippen LogP contribution < -0.4 is 9.62 Å². The molecule has 1 amide bonds. The maximum absolute atomic E-state index is 12.5. The van der Waals surface area contributed by atoms with Crippen LogP contribution in [0, 0.1) is 0 Å². The minimum atomic E-state index is -3.70. The standard InChI is InChI=1S/C15H18N4O3S/c1-11(20)19-8-3-4-12-10-13(5-6-14(12)19)23(21,22)17-15-7-9-18(2)16-15/h5-7,9-10H,3-4,8H2,1-2H3,(H,16,17). The van der Waals surface area contributed by atoms with E-state index in [4.69, 9.17) is 0 Å².